The van der Waals surface area contributed by atoms with Gasteiger partial charge >= 0.3 is 5.97 Å². The quantitative estimate of drug-likeness (QED) is 0.0267. The molecule has 1 aromatic rings. The van der Waals surface area contributed by atoms with Crippen molar-refractivity contribution in [3.8, 4) is 5.75 Å². The monoisotopic (exact) mass is 1050 g/mol. The normalized spacial score (nSPS) is 23.6. The Kier molecular flexibility index (Phi) is 24.3. The predicted octanol–water partition coefficient (Wildman–Crippen LogP) is -5.00. The molecule has 0 aliphatic carbocycles. The minimum Gasteiger partial charge on any atom is -0.508 e. The van der Waals surface area contributed by atoms with E-state index in [1.54, 1.807) is 13.8 Å². The number of nitrogens with zero attached hydrogens (tertiary/aromatic N) is 2. The van der Waals surface area contributed by atoms with Gasteiger partial charge in [-0.2, -0.15) is 0 Å². The van der Waals surface area contributed by atoms with Gasteiger partial charge in [0.25, 0.3) is 0 Å². The number of benzene rings is 1. The lowest BCUT2D eigenvalue weighted by Gasteiger charge is -2.31. The second kappa shape index (κ2) is 29.5. The average Bonchev–Trinajstić information content (AvgIpc) is 3.82. The van der Waals surface area contributed by atoms with E-state index in [4.69, 9.17) is 33.8 Å². The first-order valence-electron chi connectivity index (χ1n) is 23.0. The maximum absolute atomic E-state index is 14.5. The molecule has 29 heteroatoms. The number of carbonyl (C=O) groups is 11. The first-order chi connectivity index (χ1) is 34.0. The molecule has 0 aromatic heterocycles. The second-order valence-electron chi connectivity index (χ2n) is 17.1. The van der Waals surface area contributed by atoms with Crippen LogP contribution in [0.5, 0.6) is 5.75 Å². The summed E-state index contributed by atoms with van der Waals surface area (Å²) in [5, 5.41) is 36.5. The van der Waals surface area contributed by atoms with Crippen molar-refractivity contribution in [3.63, 3.8) is 0 Å². The number of likely N-dealkylation sites (tertiary alicyclic amines) is 1. The number of carbonyl (C=O) groups excluding carboxylic acids is 10. The number of aliphatic imine (C=N–C) groups is 1. The zero-order valence-electron chi connectivity index (χ0n) is 39.9. The molecule has 2 aliphatic heterocycles. The lowest BCUT2D eigenvalue weighted by Crippen LogP contribution is -2.61. The van der Waals surface area contributed by atoms with Gasteiger partial charge < -0.3 is 81.0 Å². The maximum atomic E-state index is 14.5. The number of nitrogens with two attached hydrogens (primary N) is 5. The Morgan fingerprint density at radius 1 is 0.833 bits per heavy atom. The number of amides is 10. The standard InChI is InChI=1S/C43H66N14O13S2/c1-3-21(2)34-41(69)52-26(12-13-31(45)59)37(65)54-28(17-32(46)60)38(66)55-29(20-72-71-19-24(44)35(63)53-27(39(67)56-34)16-22-8-10-23(58)11-9-22)42(70)57-15-5-7-30(57)40(68)51-25(6-4-14-49-43(47)48)36(64)50-18-33(61)62/h8-11,21,24-30,34,58H,3-7,12-20,44H2,1-2H3,(H2,45,59)(H2,46,60)(H,50,64)(H,51,68)(H,52,69)(H,53,63)(H,54,65)(H,55,66)(H,56,67)(H,61,62)(H4,47,48,49). The molecule has 3 rings (SSSR count). The Bertz CT molecular complexity index is 2170. The van der Waals surface area contributed by atoms with Crippen LogP contribution in [-0.2, 0) is 59.2 Å². The van der Waals surface area contributed by atoms with Crippen molar-refractivity contribution >= 4 is 92.6 Å². The summed E-state index contributed by atoms with van der Waals surface area (Å²) in [7, 11) is 1.99. The second-order valence-corrected chi connectivity index (χ2v) is 19.7. The Labute approximate surface area is 422 Å². The van der Waals surface area contributed by atoms with Gasteiger partial charge in [0, 0.05) is 37.4 Å². The average molecular weight is 1050 g/mol. The van der Waals surface area contributed by atoms with Crippen LogP contribution in [-0.4, -0.2) is 166 Å². The fourth-order valence-electron chi connectivity index (χ4n) is 7.40. The van der Waals surface area contributed by atoms with Crippen LogP contribution >= 0.6 is 21.6 Å². The molecule has 2 fully saturated rings. The van der Waals surface area contributed by atoms with Crippen LogP contribution in [0.2, 0.25) is 0 Å². The lowest BCUT2D eigenvalue weighted by molar-refractivity contribution is -0.142. The van der Waals surface area contributed by atoms with Crippen LogP contribution in [0.4, 0.5) is 0 Å². The molecule has 1 aromatic carbocycles. The molecular weight excluding hydrogens is 985 g/mol. The highest BCUT2D eigenvalue weighted by Gasteiger charge is 2.41. The van der Waals surface area contributed by atoms with Crippen LogP contribution < -0.4 is 65.9 Å². The number of hydrogen-bond donors (Lipinski definition) is 14. The Hall–Kier alpha value is -6.88. The summed E-state index contributed by atoms with van der Waals surface area (Å²) in [6, 6.07) is -5.54. The predicted molar refractivity (Wildman–Crippen MR) is 263 cm³/mol. The first kappa shape index (κ1) is 59.4. The molecule has 0 spiro atoms. The minimum atomic E-state index is -1.79. The number of carboxylic acid groups (broad SMARTS) is 1. The Balaban J connectivity index is 2.04. The SMILES string of the molecule is CCC(C)C1NC(=O)C(Cc2ccc(O)cc2)NC(=O)C(N)CSSCC(C(=O)N2CCCC2C(=O)NC(CCCN=C(N)N)C(=O)NCC(=O)O)NC(=O)C(CC(N)=O)NC(=O)C(CCC(N)=O)NC1=O. The molecule has 0 bridgehead atoms. The summed E-state index contributed by atoms with van der Waals surface area (Å²) in [4.78, 5) is 152. The number of aliphatic carboxylic acids is 1. The molecule has 2 aliphatic rings. The first-order valence-corrected chi connectivity index (χ1v) is 25.5. The number of phenolic OH excluding ortho intramolecular Hbond substituents is 1. The lowest BCUT2D eigenvalue weighted by atomic mass is 9.96. The van der Waals surface area contributed by atoms with Crippen LogP contribution in [0.3, 0.4) is 0 Å². The van der Waals surface area contributed by atoms with Crippen LogP contribution in [0.1, 0.15) is 70.8 Å². The molecule has 2 saturated heterocycles. The fourth-order valence-corrected chi connectivity index (χ4v) is 9.68. The zero-order chi connectivity index (χ0) is 53.7. The van der Waals surface area contributed by atoms with Gasteiger partial charge in [0.2, 0.25) is 59.1 Å². The Morgan fingerprint density at radius 3 is 2.08 bits per heavy atom. The highest BCUT2D eigenvalue weighted by molar-refractivity contribution is 8.76. The van der Waals surface area contributed by atoms with E-state index < -0.39 is 145 Å². The van der Waals surface area contributed by atoms with Gasteiger partial charge in [-0.1, -0.05) is 54.0 Å². The van der Waals surface area contributed by atoms with E-state index in [1.165, 1.54) is 29.2 Å². The molecular formula is C43H66N14O13S2. The Morgan fingerprint density at radius 2 is 1.46 bits per heavy atom. The van der Waals surface area contributed by atoms with E-state index in [-0.39, 0.29) is 62.0 Å². The molecule has 27 nitrogen and oxygen atoms in total. The molecule has 9 unspecified atom stereocenters. The van der Waals surface area contributed by atoms with Crippen molar-refractivity contribution in [2.45, 2.75) is 120 Å². The third kappa shape index (κ3) is 19.7. The van der Waals surface area contributed by atoms with Gasteiger partial charge in [-0.15, -0.1) is 0 Å². The van der Waals surface area contributed by atoms with Gasteiger partial charge in [0.1, 0.15) is 54.6 Å². The van der Waals surface area contributed by atoms with E-state index in [1.807, 2.05) is 0 Å². The van der Waals surface area contributed by atoms with Crippen LogP contribution in [0, 0.1) is 5.92 Å². The summed E-state index contributed by atoms with van der Waals surface area (Å²) < 4.78 is 0. The van der Waals surface area contributed by atoms with Crippen molar-refractivity contribution < 1.29 is 63.0 Å². The number of nitrogens with one attached hydrogen (secondary N) is 7. The largest absolute Gasteiger partial charge is 0.508 e. The molecule has 0 saturated carbocycles. The summed E-state index contributed by atoms with van der Waals surface area (Å²) in [6.45, 7) is 2.68. The van der Waals surface area contributed by atoms with Crippen molar-refractivity contribution in [2.24, 2.45) is 39.6 Å². The van der Waals surface area contributed by atoms with Crippen LogP contribution in [0.25, 0.3) is 0 Å². The summed E-state index contributed by atoms with van der Waals surface area (Å²) in [5.41, 5.74) is 28.5. The maximum Gasteiger partial charge on any atom is 0.322 e. The topological polar surface area (TPSA) is 458 Å². The number of primary amides is 2. The van der Waals surface area contributed by atoms with Gasteiger partial charge in [-0.05, 0) is 55.7 Å². The summed E-state index contributed by atoms with van der Waals surface area (Å²) in [5.74, 6) is -11.6. The summed E-state index contributed by atoms with van der Waals surface area (Å²) in [6.07, 6.45) is -0.948. The summed E-state index contributed by atoms with van der Waals surface area (Å²) >= 11 is 0. The molecule has 398 valence electrons. The molecule has 19 N–H and O–H groups in total. The zero-order valence-corrected chi connectivity index (χ0v) is 41.5. The van der Waals surface area contributed by atoms with E-state index in [0.29, 0.717) is 18.4 Å². The highest BCUT2D eigenvalue weighted by Crippen LogP contribution is 2.26. The van der Waals surface area contributed by atoms with Gasteiger partial charge in [-0.3, -0.25) is 57.7 Å². The van der Waals surface area contributed by atoms with Crippen molar-refractivity contribution in [2.75, 3.05) is 31.1 Å². The smallest absolute Gasteiger partial charge is 0.322 e. The number of phenols is 1. The van der Waals surface area contributed by atoms with E-state index >= 15 is 0 Å². The minimum absolute atomic E-state index is 0.00820. The van der Waals surface area contributed by atoms with Crippen molar-refractivity contribution in [1.29, 1.82) is 0 Å². The number of hydrogen-bond acceptors (Lipinski definition) is 16. The molecule has 72 heavy (non-hydrogen) atoms. The molecule has 10 amide bonds. The van der Waals surface area contributed by atoms with E-state index in [9.17, 15) is 57.8 Å². The third-order valence-corrected chi connectivity index (χ3v) is 13.9. The van der Waals surface area contributed by atoms with Crippen molar-refractivity contribution in [3.05, 3.63) is 29.8 Å². The molecule has 0 radical (unpaired) electrons. The van der Waals surface area contributed by atoms with E-state index in [0.717, 1.165) is 21.6 Å². The van der Waals surface area contributed by atoms with Crippen molar-refractivity contribution in [1.82, 2.24) is 42.1 Å². The number of carboxylic acids is 1. The van der Waals surface area contributed by atoms with Gasteiger partial charge in [-0.25, -0.2) is 0 Å². The van der Waals surface area contributed by atoms with Gasteiger partial charge in [0.05, 0.1) is 12.5 Å². The van der Waals surface area contributed by atoms with Crippen LogP contribution in [0.15, 0.2) is 29.3 Å². The fraction of sp³-hybridized carbons (Fsp3) is 0.581. The number of aromatic hydroxyl groups is 1. The third-order valence-electron chi connectivity index (χ3n) is 11.5. The number of rotatable bonds is 19. The molecule has 9 atom stereocenters. The van der Waals surface area contributed by atoms with E-state index in [2.05, 4.69) is 42.2 Å². The highest BCUT2D eigenvalue weighted by atomic mass is 33.1. The number of guanidine groups is 1. The molecule has 2 heterocycles. The van der Waals surface area contributed by atoms with Gasteiger partial charge in [0.15, 0.2) is 5.96 Å².